The molecule has 0 aliphatic carbocycles. The van der Waals surface area contributed by atoms with Gasteiger partial charge in [-0.25, -0.2) is 9.59 Å². The number of benzene rings is 2. The van der Waals surface area contributed by atoms with Gasteiger partial charge in [-0.05, 0) is 43.5 Å². The SMILES string of the molecule is O=C(OCc1cc(=O)oc2cc(O)ccc12)c1ccc(N2CCCCC2)c([N+](=O)[O-])c1. The zero-order valence-corrected chi connectivity index (χ0v) is 16.6. The number of aromatic hydroxyl groups is 1. The number of nitro benzene ring substituents is 1. The van der Waals surface area contributed by atoms with Gasteiger partial charge in [-0.2, -0.15) is 0 Å². The Balaban J connectivity index is 1.56. The molecule has 1 saturated heterocycles. The van der Waals surface area contributed by atoms with Crippen molar-refractivity contribution in [1.82, 2.24) is 0 Å². The van der Waals surface area contributed by atoms with Gasteiger partial charge in [-0.3, -0.25) is 10.1 Å². The van der Waals surface area contributed by atoms with Crippen LogP contribution in [0.25, 0.3) is 11.0 Å². The highest BCUT2D eigenvalue weighted by Crippen LogP contribution is 2.31. The van der Waals surface area contributed by atoms with E-state index in [0.717, 1.165) is 32.4 Å². The number of nitro groups is 1. The lowest BCUT2D eigenvalue weighted by atomic mass is 10.1. The summed E-state index contributed by atoms with van der Waals surface area (Å²) in [4.78, 5) is 37.4. The summed E-state index contributed by atoms with van der Waals surface area (Å²) < 4.78 is 10.4. The molecular formula is C22H20N2O7. The third-order valence-electron chi connectivity index (χ3n) is 5.28. The molecule has 1 fully saturated rings. The average Bonchev–Trinajstić information content (AvgIpc) is 2.77. The number of esters is 1. The Morgan fingerprint density at radius 1 is 1.13 bits per heavy atom. The van der Waals surface area contributed by atoms with Crippen molar-refractivity contribution in [2.75, 3.05) is 18.0 Å². The van der Waals surface area contributed by atoms with E-state index in [9.17, 15) is 24.8 Å². The normalized spacial score (nSPS) is 13.9. The topological polar surface area (TPSA) is 123 Å². The smallest absolute Gasteiger partial charge is 0.338 e. The molecule has 0 amide bonds. The second kappa shape index (κ2) is 8.47. The third kappa shape index (κ3) is 4.35. The number of phenols is 1. The average molecular weight is 424 g/mol. The second-order valence-electron chi connectivity index (χ2n) is 7.36. The summed E-state index contributed by atoms with van der Waals surface area (Å²) in [5.74, 6) is -0.806. The van der Waals surface area contributed by atoms with Gasteiger partial charge in [0.05, 0.1) is 10.5 Å². The van der Waals surface area contributed by atoms with Gasteiger partial charge < -0.3 is 19.2 Å². The minimum Gasteiger partial charge on any atom is -0.508 e. The second-order valence-corrected chi connectivity index (χ2v) is 7.36. The Hall–Kier alpha value is -3.88. The van der Waals surface area contributed by atoms with E-state index in [1.807, 2.05) is 4.90 Å². The maximum absolute atomic E-state index is 12.6. The molecule has 1 N–H and O–H groups in total. The largest absolute Gasteiger partial charge is 0.508 e. The van der Waals surface area contributed by atoms with Crippen LogP contribution in [0.3, 0.4) is 0 Å². The Kier molecular flexibility index (Phi) is 5.57. The molecule has 0 atom stereocenters. The minimum absolute atomic E-state index is 0.0531. The van der Waals surface area contributed by atoms with Crippen molar-refractivity contribution < 1.29 is 24.0 Å². The number of piperidine rings is 1. The van der Waals surface area contributed by atoms with Crippen LogP contribution >= 0.6 is 0 Å². The van der Waals surface area contributed by atoms with Crippen LogP contribution in [-0.2, 0) is 11.3 Å². The summed E-state index contributed by atoms with van der Waals surface area (Å²) in [6.07, 6.45) is 3.04. The number of fused-ring (bicyclic) bond motifs is 1. The number of ether oxygens (including phenoxy) is 1. The molecular weight excluding hydrogens is 404 g/mol. The van der Waals surface area contributed by atoms with E-state index in [1.165, 1.54) is 30.3 Å². The molecule has 0 bridgehead atoms. The van der Waals surface area contributed by atoms with E-state index >= 15 is 0 Å². The van der Waals surface area contributed by atoms with Gasteiger partial charge in [0.2, 0.25) is 0 Å². The molecule has 0 saturated carbocycles. The number of nitrogens with zero attached hydrogens (tertiary/aromatic N) is 2. The molecule has 160 valence electrons. The first-order valence-corrected chi connectivity index (χ1v) is 9.88. The van der Waals surface area contributed by atoms with E-state index in [4.69, 9.17) is 9.15 Å². The summed E-state index contributed by atoms with van der Waals surface area (Å²) in [5.41, 5.74) is 0.326. The van der Waals surface area contributed by atoms with Crippen LogP contribution in [-0.4, -0.2) is 29.1 Å². The van der Waals surface area contributed by atoms with Gasteiger partial charge in [0.25, 0.3) is 5.69 Å². The fourth-order valence-electron chi connectivity index (χ4n) is 3.76. The van der Waals surface area contributed by atoms with Gasteiger partial charge in [0.1, 0.15) is 23.6 Å². The monoisotopic (exact) mass is 424 g/mol. The Labute approximate surface area is 176 Å². The highest BCUT2D eigenvalue weighted by molar-refractivity contribution is 5.91. The van der Waals surface area contributed by atoms with Crippen molar-refractivity contribution in [3.63, 3.8) is 0 Å². The van der Waals surface area contributed by atoms with E-state index < -0.39 is 16.5 Å². The first-order valence-electron chi connectivity index (χ1n) is 9.88. The lowest BCUT2D eigenvalue weighted by molar-refractivity contribution is -0.384. The molecule has 31 heavy (non-hydrogen) atoms. The maximum atomic E-state index is 12.6. The Morgan fingerprint density at radius 3 is 2.65 bits per heavy atom. The quantitative estimate of drug-likeness (QED) is 0.284. The van der Waals surface area contributed by atoms with Gasteiger partial charge in [0.15, 0.2) is 0 Å². The van der Waals surface area contributed by atoms with Crippen molar-refractivity contribution in [2.24, 2.45) is 0 Å². The molecule has 0 radical (unpaired) electrons. The fraction of sp³-hybridized carbons (Fsp3) is 0.273. The van der Waals surface area contributed by atoms with Gasteiger partial charge in [0, 0.05) is 42.2 Å². The lowest BCUT2D eigenvalue weighted by Crippen LogP contribution is -2.30. The zero-order chi connectivity index (χ0) is 22.0. The maximum Gasteiger partial charge on any atom is 0.338 e. The van der Waals surface area contributed by atoms with Crippen LogP contribution in [0, 0.1) is 10.1 Å². The molecule has 9 heteroatoms. The summed E-state index contributed by atoms with van der Waals surface area (Å²) in [6.45, 7) is 1.25. The van der Waals surface area contributed by atoms with Gasteiger partial charge in [-0.1, -0.05) is 0 Å². The van der Waals surface area contributed by atoms with Crippen LogP contribution in [0.4, 0.5) is 11.4 Å². The molecule has 3 aromatic rings. The number of hydrogen-bond donors (Lipinski definition) is 1. The van der Waals surface area contributed by atoms with Gasteiger partial charge in [-0.15, -0.1) is 0 Å². The summed E-state index contributed by atoms with van der Waals surface area (Å²) in [7, 11) is 0. The predicted molar refractivity (Wildman–Crippen MR) is 112 cm³/mol. The predicted octanol–water partition coefficient (Wildman–Crippen LogP) is 3.75. The standard InChI is InChI=1S/C22H20N2O7/c25-16-5-6-17-15(11-21(26)31-20(17)12-16)13-30-22(27)14-4-7-18(19(10-14)24(28)29)23-8-2-1-3-9-23/h4-7,10-12,25H,1-3,8-9,13H2. The molecule has 1 aromatic heterocycles. The Morgan fingerprint density at radius 2 is 1.90 bits per heavy atom. The van der Waals surface area contributed by atoms with E-state index in [2.05, 4.69) is 0 Å². The van der Waals surface area contributed by atoms with Gasteiger partial charge >= 0.3 is 11.6 Å². The number of rotatable bonds is 5. The Bertz CT molecular complexity index is 1210. The van der Waals surface area contributed by atoms with Crippen molar-refractivity contribution >= 4 is 28.3 Å². The number of carbonyl (C=O) groups excluding carboxylic acids is 1. The molecule has 1 aliphatic rings. The van der Waals surface area contributed by atoms with Crippen LogP contribution in [0.2, 0.25) is 0 Å². The minimum atomic E-state index is -0.742. The van der Waals surface area contributed by atoms with E-state index in [-0.39, 0.29) is 29.2 Å². The molecule has 0 spiro atoms. The summed E-state index contributed by atoms with van der Waals surface area (Å²) in [5, 5.41) is 21.7. The molecule has 9 nitrogen and oxygen atoms in total. The molecule has 2 heterocycles. The van der Waals surface area contributed by atoms with Crippen LogP contribution in [0.1, 0.15) is 35.2 Å². The highest BCUT2D eigenvalue weighted by Gasteiger charge is 2.23. The number of anilines is 1. The number of carbonyl (C=O) groups is 1. The van der Waals surface area contributed by atoms with Crippen molar-refractivity contribution in [3.05, 3.63) is 74.1 Å². The number of hydrogen-bond acceptors (Lipinski definition) is 8. The molecule has 2 aromatic carbocycles. The third-order valence-corrected chi connectivity index (χ3v) is 5.28. The molecule has 1 aliphatic heterocycles. The molecule has 0 unspecified atom stereocenters. The van der Waals surface area contributed by atoms with Crippen LogP contribution in [0.15, 0.2) is 51.7 Å². The number of phenolic OH excluding ortho intramolecular Hbond substituents is 1. The fourth-order valence-corrected chi connectivity index (χ4v) is 3.76. The lowest BCUT2D eigenvalue weighted by Gasteiger charge is -2.28. The molecule has 4 rings (SSSR count). The van der Waals surface area contributed by atoms with E-state index in [1.54, 1.807) is 12.1 Å². The van der Waals surface area contributed by atoms with Crippen molar-refractivity contribution in [3.8, 4) is 5.75 Å². The first kappa shape index (κ1) is 20.4. The summed E-state index contributed by atoms with van der Waals surface area (Å²) >= 11 is 0. The highest BCUT2D eigenvalue weighted by atomic mass is 16.6. The summed E-state index contributed by atoms with van der Waals surface area (Å²) in [6, 6.07) is 9.79. The zero-order valence-electron chi connectivity index (χ0n) is 16.6. The van der Waals surface area contributed by atoms with Crippen LogP contribution in [0.5, 0.6) is 5.75 Å². The van der Waals surface area contributed by atoms with E-state index in [0.29, 0.717) is 16.6 Å². The van der Waals surface area contributed by atoms with Crippen LogP contribution < -0.4 is 10.5 Å². The van der Waals surface area contributed by atoms with Crippen molar-refractivity contribution in [1.29, 1.82) is 0 Å². The first-order chi connectivity index (χ1) is 14.9. The van der Waals surface area contributed by atoms with Crippen molar-refractivity contribution in [2.45, 2.75) is 25.9 Å².